The molecule has 3 rings (SSSR count). The van der Waals surface area contributed by atoms with Gasteiger partial charge in [0.25, 0.3) is 0 Å². The quantitative estimate of drug-likeness (QED) is 0.220. The highest BCUT2D eigenvalue weighted by molar-refractivity contribution is 5.87. The minimum Gasteiger partial charge on any atom is -0.497 e. The highest BCUT2D eigenvalue weighted by Gasteiger charge is 2.63. The molecule has 0 bridgehead atoms. The van der Waals surface area contributed by atoms with E-state index in [9.17, 15) is 4.79 Å². The lowest BCUT2D eigenvalue weighted by Crippen LogP contribution is -2.54. The summed E-state index contributed by atoms with van der Waals surface area (Å²) < 4.78 is 23.1. The Kier molecular flexibility index (Phi) is 8.18. The summed E-state index contributed by atoms with van der Waals surface area (Å²) in [6.45, 7) is 9.59. The van der Waals surface area contributed by atoms with Gasteiger partial charge in [-0.15, -0.1) is 0 Å². The van der Waals surface area contributed by atoms with E-state index < -0.39 is 0 Å². The summed E-state index contributed by atoms with van der Waals surface area (Å²) in [5, 5.41) is 0. The summed E-state index contributed by atoms with van der Waals surface area (Å²) in [7, 11) is 3.34. The Morgan fingerprint density at radius 2 is 1.94 bits per heavy atom. The van der Waals surface area contributed by atoms with Gasteiger partial charge in [0.1, 0.15) is 23.6 Å². The fourth-order valence-corrected chi connectivity index (χ4v) is 4.92. The minimum atomic E-state index is -0.354. The zero-order chi connectivity index (χ0) is 23.3. The molecule has 1 saturated heterocycles. The van der Waals surface area contributed by atoms with Crippen molar-refractivity contribution in [3.8, 4) is 5.75 Å². The Labute approximate surface area is 192 Å². The normalized spacial score (nSPS) is 30.2. The van der Waals surface area contributed by atoms with Crippen LogP contribution in [-0.4, -0.2) is 44.6 Å². The van der Waals surface area contributed by atoms with Crippen LogP contribution >= 0.6 is 0 Å². The number of esters is 1. The molecule has 1 spiro atoms. The highest BCUT2D eigenvalue weighted by atomic mass is 16.6. The first kappa shape index (κ1) is 24.5. The van der Waals surface area contributed by atoms with Crippen LogP contribution in [0.5, 0.6) is 5.75 Å². The van der Waals surface area contributed by atoms with Crippen LogP contribution in [0.25, 0.3) is 6.08 Å². The molecule has 5 heteroatoms. The van der Waals surface area contributed by atoms with Crippen molar-refractivity contribution in [1.29, 1.82) is 0 Å². The molecule has 0 amide bonds. The molecule has 5 atom stereocenters. The fraction of sp³-hybridized carbons (Fsp3) is 0.593. The molecule has 2 aliphatic rings. The fourth-order valence-electron chi connectivity index (χ4n) is 4.92. The van der Waals surface area contributed by atoms with Crippen LogP contribution in [0.15, 0.2) is 42.0 Å². The van der Waals surface area contributed by atoms with Gasteiger partial charge in [0.05, 0.1) is 13.7 Å². The minimum absolute atomic E-state index is 0.0896. The number of hydrogen-bond acceptors (Lipinski definition) is 5. The van der Waals surface area contributed by atoms with Crippen molar-refractivity contribution < 1.29 is 23.7 Å². The number of ether oxygens (including phenoxy) is 4. The first-order valence-electron chi connectivity index (χ1n) is 11.7. The third-order valence-electron chi connectivity index (χ3n) is 6.89. The summed E-state index contributed by atoms with van der Waals surface area (Å²) in [6, 6.07) is 7.53. The number of benzene rings is 1. The second-order valence-electron chi connectivity index (χ2n) is 9.56. The van der Waals surface area contributed by atoms with E-state index in [1.54, 1.807) is 20.3 Å². The lowest BCUT2D eigenvalue weighted by atomic mass is 9.67. The van der Waals surface area contributed by atoms with Crippen LogP contribution in [0, 0.1) is 17.8 Å². The number of carbonyl (C=O) groups is 1. The Balaban J connectivity index is 1.71. The van der Waals surface area contributed by atoms with E-state index in [0.29, 0.717) is 5.92 Å². The van der Waals surface area contributed by atoms with Crippen molar-refractivity contribution in [2.24, 2.45) is 17.8 Å². The Hall–Kier alpha value is -2.11. The smallest absolute Gasteiger partial charge is 0.331 e. The standard InChI is InChI=1S/C27H38O5/c1-18(2)8-7-9-19(3)25-26(30-6)23(16-20(4)27(25)17-31-27)32-24(28)15-12-21-10-13-22(29-5)14-11-21/h9-15,18,20,23,25-26H,7-8,16-17H2,1-6H3/t20-,23-,25+,26-,27-/m1/s1. The van der Waals surface area contributed by atoms with Gasteiger partial charge in [-0.1, -0.05) is 44.6 Å². The largest absolute Gasteiger partial charge is 0.497 e. The van der Waals surface area contributed by atoms with Gasteiger partial charge in [0, 0.05) is 19.1 Å². The lowest BCUT2D eigenvalue weighted by Gasteiger charge is -2.44. The van der Waals surface area contributed by atoms with Gasteiger partial charge in [0.2, 0.25) is 0 Å². The molecular weight excluding hydrogens is 404 g/mol. The van der Waals surface area contributed by atoms with Crippen LogP contribution in [0.2, 0.25) is 0 Å². The van der Waals surface area contributed by atoms with E-state index in [1.165, 1.54) is 11.6 Å². The van der Waals surface area contributed by atoms with Crippen molar-refractivity contribution in [3.05, 3.63) is 47.6 Å². The van der Waals surface area contributed by atoms with Crippen molar-refractivity contribution in [1.82, 2.24) is 0 Å². The number of rotatable bonds is 9. The Bertz CT molecular complexity index is 819. The third kappa shape index (κ3) is 5.62. The Morgan fingerprint density at radius 1 is 1.25 bits per heavy atom. The van der Waals surface area contributed by atoms with Crippen molar-refractivity contribution in [2.75, 3.05) is 20.8 Å². The van der Waals surface area contributed by atoms with E-state index in [4.69, 9.17) is 18.9 Å². The number of carbonyl (C=O) groups excluding carboxylic acids is 1. The van der Waals surface area contributed by atoms with Crippen molar-refractivity contribution in [3.63, 3.8) is 0 Å². The molecule has 176 valence electrons. The molecule has 1 aromatic rings. The van der Waals surface area contributed by atoms with Gasteiger partial charge in [-0.25, -0.2) is 4.79 Å². The molecule has 0 N–H and O–H groups in total. The topological polar surface area (TPSA) is 57.3 Å². The predicted octanol–water partition coefficient (Wildman–Crippen LogP) is 5.44. The van der Waals surface area contributed by atoms with Crippen LogP contribution in [0.3, 0.4) is 0 Å². The van der Waals surface area contributed by atoms with Crippen LogP contribution in [0.1, 0.15) is 52.5 Å². The monoisotopic (exact) mass is 442 g/mol. The van der Waals surface area contributed by atoms with Crippen LogP contribution in [-0.2, 0) is 19.0 Å². The Morgan fingerprint density at radius 3 is 2.50 bits per heavy atom. The number of epoxide rings is 1. The maximum Gasteiger partial charge on any atom is 0.331 e. The molecule has 1 saturated carbocycles. The second kappa shape index (κ2) is 10.7. The average Bonchev–Trinajstić information content (AvgIpc) is 3.56. The van der Waals surface area contributed by atoms with Crippen molar-refractivity contribution in [2.45, 2.75) is 64.8 Å². The summed E-state index contributed by atoms with van der Waals surface area (Å²) in [5.41, 5.74) is 1.99. The SMILES string of the molecule is COc1ccc(C=CC(=O)O[C@@H]2C[C@@H](C)[C@]3(CO3)[C@@H](C(C)=CCCC(C)C)[C@@H]2OC)cc1. The van der Waals surface area contributed by atoms with Gasteiger partial charge >= 0.3 is 5.97 Å². The van der Waals surface area contributed by atoms with Crippen LogP contribution in [0.4, 0.5) is 0 Å². The molecule has 0 unspecified atom stereocenters. The summed E-state index contributed by atoms with van der Waals surface area (Å²) in [5.74, 6) is 1.47. The second-order valence-corrected chi connectivity index (χ2v) is 9.56. The van der Waals surface area contributed by atoms with Gasteiger partial charge in [-0.05, 0) is 61.8 Å². The zero-order valence-corrected chi connectivity index (χ0v) is 20.3. The van der Waals surface area contributed by atoms with E-state index >= 15 is 0 Å². The molecule has 32 heavy (non-hydrogen) atoms. The first-order chi connectivity index (χ1) is 15.3. The average molecular weight is 443 g/mol. The van der Waals surface area contributed by atoms with Crippen molar-refractivity contribution >= 4 is 12.0 Å². The molecule has 1 aromatic carbocycles. The molecule has 5 nitrogen and oxygen atoms in total. The van der Waals surface area contributed by atoms with Gasteiger partial charge < -0.3 is 18.9 Å². The molecule has 0 aromatic heterocycles. The molecule has 0 radical (unpaired) electrons. The van der Waals surface area contributed by atoms with E-state index in [1.807, 2.05) is 24.3 Å². The molecule has 1 aliphatic carbocycles. The van der Waals surface area contributed by atoms with Gasteiger partial charge in [0.15, 0.2) is 0 Å². The van der Waals surface area contributed by atoms with Gasteiger partial charge in [-0.3, -0.25) is 0 Å². The van der Waals surface area contributed by atoms with Crippen LogP contribution < -0.4 is 4.74 Å². The summed E-state index contributed by atoms with van der Waals surface area (Å²) in [4.78, 5) is 12.6. The van der Waals surface area contributed by atoms with E-state index in [0.717, 1.165) is 37.2 Å². The highest BCUT2D eigenvalue weighted by Crippen LogP contribution is 2.53. The van der Waals surface area contributed by atoms with Gasteiger partial charge in [-0.2, -0.15) is 0 Å². The third-order valence-corrected chi connectivity index (χ3v) is 6.89. The molecule has 1 aliphatic heterocycles. The summed E-state index contributed by atoms with van der Waals surface area (Å²) in [6.07, 6.45) is 7.96. The van der Waals surface area contributed by atoms with E-state index in [-0.39, 0.29) is 35.6 Å². The van der Waals surface area contributed by atoms with E-state index in [2.05, 4.69) is 33.8 Å². The maximum absolute atomic E-state index is 12.6. The maximum atomic E-state index is 12.6. The lowest BCUT2D eigenvalue weighted by molar-refractivity contribution is -0.164. The predicted molar refractivity (Wildman–Crippen MR) is 126 cm³/mol. The zero-order valence-electron chi connectivity index (χ0n) is 20.3. The molecule has 1 heterocycles. The summed E-state index contributed by atoms with van der Waals surface area (Å²) >= 11 is 0. The molecular formula is C27H38O5. The number of hydrogen-bond donors (Lipinski definition) is 0. The number of allylic oxidation sites excluding steroid dienone is 1. The first-order valence-corrected chi connectivity index (χ1v) is 11.7. The number of methoxy groups -OCH3 is 2. The molecule has 2 fully saturated rings.